The fourth-order valence-corrected chi connectivity index (χ4v) is 1.55. The molecule has 0 radical (unpaired) electrons. The fourth-order valence-electron chi connectivity index (χ4n) is 1.55. The van der Waals surface area contributed by atoms with E-state index in [-0.39, 0.29) is 11.5 Å². The van der Waals surface area contributed by atoms with Gasteiger partial charge in [0, 0.05) is 6.07 Å². The lowest BCUT2D eigenvalue weighted by atomic mass is 10.2. The third kappa shape index (κ3) is 2.08. The molecule has 1 aromatic carbocycles. The summed E-state index contributed by atoms with van der Waals surface area (Å²) in [5.74, 6) is 0.0452. The summed E-state index contributed by atoms with van der Waals surface area (Å²) >= 11 is 0. The Bertz CT molecular complexity index is 676. The van der Waals surface area contributed by atoms with E-state index in [1.807, 2.05) is 0 Å². The lowest BCUT2D eigenvalue weighted by Gasteiger charge is -2.09. The van der Waals surface area contributed by atoms with Crippen LogP contribution in [0.3, 0.4) is 0 Å². The molecule has 0 saturated carbocycles. The second-order valence-electron chi connectivity index (χ2n) is 3.49. The third-order valence-corrected chi connectivity index (χ3v) is 2.40. The molecule has 1 heterocycles. The number of ether oxygens (including phenoxy) is 1. The van der Waals surface area contributed by atoms with Crippen molar-refractivity contribution < 1.29 is 9.53 Å². The van der Waals surface area contributed by atoms with Crippen molar-refractivity contribution in [3.05, 3.63) is 41.5 Å². The van der Waals surface area contributed by atoms with E-state index in [1.54, 1.807) is 6.07 Å². The van der Waals surface area contributed by atoms with E-state index in [9.17, 15) is 9.59 Å². The quantitative estimate of drug-likeness (QED) is 0.792. The van der Waals surface area contributed by atoms with Gasteiger partial charge in [0.15, 0.2) is 0 Å². The first-order chi connectivity index (χ1) is 8.65. The molecule has 0 aliphatic carbocycles. The molecule has 18 heavy (non-hydrogen) atoms. The third-order valence-electron chi connectivity index (χ3n) is 2.40. The normalized spacial score (nSPS) is 10.1. The molecule has 0 atom stereocenters. The van der Waals surface area contributed by atoms with Crippen LogP contribution in [0.25, 0.3) is 10.9 Å². The van der Waals surface area contributed by atoms with Crippen molar-refractivity contribution in [2.75, 3.05) is 12.4 Å². The predicted molar refractivity (Wildman–Crippen MR) is 67.7 cm³/mol. The Morgan fingerprint density at radius 2 is 2.33 bits per heavy atom. The van der Waals surface area contributed by atoms with E-state index in [4.69, 9.17) is 4.74 Å². The summed E-state index contributed by atoms with van der Waals surface area (Å²) in [6, 6.07) is 3.10. The largest absolute Gasteiger partial charge is 0.494 e. The maximum absolute atomic E-state index is 11.6. The summed E-state index contributed by atoms with van der Waals surface area (Å²) in [5.41, 5.74) is 0.609. The molecule has 0 bridgehead atoms. The highest BCUT2D eigenvalue weighted by Crippen LogP contribution is 2.27. The number of fused-ring (bicyclic) bond motifs is 1. The number of rotatable bonds is 3. The second kappa shape index (κ2) is 4.70. The van der Waals surface area contributed by atoms with Crippen molar-refractivity contribution in [3.8, 4) is 5.75 Å². The minimum Gasteiger partial charge on any atom is -0.494 e. The van der Waals surface area contributed by atoms with Crippen LogP contribution in [0.15, 0.2) is 35.9 Å². The van der Waals surface area contributed by atoms with Crippen LogP contribution in [0.2, 0.25) is 0 Å². The van der Waals surface area contributed by atoms with Gasteiger partial charge in [-0.25, -0.2) is 4.98 Å². The molecule has 0 unspecified atom stereocenters. The summed E-state index contributed by atoms with van der Waals surface area (Å²) in [7, 11) is 1.47. The highest BCUT2D eigenvalue weighted by molar-refractivity contribution is 6.01. The summed E-state index contributed by atoms with van der Waals surface area (Å²) in [6.07, 6.45) is 2.45. The number of benzene rings is 1. The van der Waals surface area contributed by atoms with Crippen molar-refractivity contribution in [1.82, 2.24) is 9.97 Å². The monoisotopic (exact) mass is 245 g/mol. The van der Waals surface area contributed by atoms with Gasteiger partial charge in [-0.3, -0.25) is 9.59 Å². The van der Waals surface area contributed by atoms with Gasteiger partial charge in [-0.1, -0.05) is 6.58 Å². The second-order valence-corrected chi connectivity index (χ2v) is 3.49. The number of amides is 1. The standard InChI is InChI=1S/C12H11N3O3/c1-3-11(16)15-9-4-7-8(5-10(9)18-2)13-6-14-12(7)17/h3-6H,1H2,2H3,(H,15,16)(H,13,14,17). The van der Waals surface area contributed by atoms with Gasteiger partial charge in [-0.05, 0) is 12.1 Å². The molecule has 0 fully saturated rings. The lowest BCUT2D eigenvalue weighted by molar-refractivity contribution is -0.111. The van der Waals surface area contributed by atoms with E-state index in [1.165, 1.54) is 19.5 Å². The molecule has 0 spiro atoms. The first-order valence-corrected chi connectivity index (χ1v) is 5.14. The first-order valence-electron chi connectivity index (χ1n) is 5.14. The number of nitrogens with zero attached hydrogens (tertiary/aromatic N) is 1. The van der Waals surface area contributed by atoms with Crippen LogP contribution in [0.5, 0.6) is 5.75 Å². The molecule has 2 rings (SSSR count). The number of methoxy groups -OCH3 is 1. The molecule has 0 aliphatic rings. The average Bonchev–Trinajstić information content (AvgIpc) is 2.39. The van der Waals surface area contributed by atoms with Crippen LogP contribution < -0.4 is 15.6 Å². The lowest BCUT2D eigenvalue weighted by Crippen LogP contribution is -2.11. The Kier molecular flexibility index (Phi) is 3.09. The van der Waals surface area contributed by atoms with E-state index >= 15 is 0 Å². The van der Waals surface area contributed by atoms with Gasteiger partial charge in [0.1, 0.15) is 5.75 Å². The molecule has 1 aromatic heterocycles. The minimum absolute atomic E-state index is 0.281. The Balaban J connectivity index is 2.64. The summed E-state index contributed by atoms with van der Waals surface area (Å²) in [5, 5.41) is 2.94. The number of hydrogen-bond donors (Lipinski definition) is 2. The Hall–Kier alpha value is -2.63. The van der Waals surface area contributed by atoms with Gasteiger partial charge in [-0.2, -0.15) is 0 Å². The smallest absolute Gasteiger partial charge is 0.258 e. The maximum Gasteiger partial charge on any atom is 0.258 e. The first kappa shape index (κ1) is 11.8. The Morgan fingerprint density at radius 3 is 3.00 bits per heavy atom. The summed E-state index contributed by atoms with van der Waals surface area (Å²) < 4.78 is 5.14. The highest BCUT2D eigenvalue weighted by atomic mass is 16.5. The molecule has 0 saturated heterocycles. The van der Waals surface area contributed by atoms with Crippen LogP contribution in [-0.4, -0.2) is 23.0 Å². The van der Waals surface area contributed by atoms with Gasteiger partial charge < -0.3 is 15.0 Å². The Morgan fingerprint density at radius 1 is 1.56 bits per heavy atom. The van der Waals surface area contributed by atoms with E-state index in [0.717, 1.165) is 6.08 Å². The zero-order valence-corrected chi connectivity index (χ0v) is 9.69. The average molecular weight is 245 g/mol. The number of H-pyrrole nitrogens is 1. The van der Waals surface area contributed by atoms with E-state index in [2.05, 4.69) is 21.9 Å². The number of carbonyl (C=O) groups excluding carboxylic acids is 1. The molecular formula is C12H11N3O3. The van der Waals surface area contributed by atoms with Crippen LogP contribution in [0, 0.1) is 0 Å². The van der Waals surface area contributed by atoms with E-state index in [0.29, 0.717) is 22.3 Å². The molecule has 6 nitrogen and oxygen atoms in total. The van der Waals surface area contributed by atoms with Crippen molar-refractivity contribution >= 4 is 22.5 Å². The molecule has 1 amide bonds. The van der Waals surface area contributed by atoms with E-state index < -0.39 is 0 Å². The summed E-state index contributed by atoms with van der Waals surface area (Å²) in [4.78, 5) is 29.4. The number of anilines is 1. The van der Waals surface area contributed by atoms with Gasteiger partial charge in [-0.15, -0.1) is 0 Å². The van der Waals surface area contributed by atoms with Crippen LogP contribution in [-0.2, 0) is 4.79 Å². The van der Waals surface area contributed by atoms with Gasteiger partial charge >= 0.3 is 0 Å². The molecule has 6 heteroatoms. The molecular weight excluding hydrogens is 234 g/mol. The molecule has 92 valence electrons. The van der Waals surface area contributed by atoms with Gasteiger partial charge in [0.2, 0.25) is 5.91 Å². The number of hydrogen-bond acceptors (Lipinski definition) is 4. The predicted octanol–water partition coefficient (Wildman–Crippen LogP) is 1.06. The van der Waals surface area contributed by atoms with Crippen LogP contribution in [0.1, 0.15) is 0 Å². The molecule has 0 aliphatic heterocycles. The summed E-state index contributed by atoms with van der Waals surface area (Å²) in [6.45, 7) is 3.36. The highest BCUT2D eigenvalue weighted by Gasteiger charge is 2.09. The van der Waals surface area contributed by atoms with Gasteiger partial charge in [0.05, 0.1) is 30.0 Å². The Labute approximate surface area is 102 Å². The van der Waals surface area contributed by atoms with Crippen molar-refractivity contribution in [3.63, 3.8) is 0 Å². The zero-order valence-electron chi connectivity index (χ0n) is 9.69. The molecule has 2 N–H and O–H groups in total. The zero-order chi connectivity index (χ0) is 13.1. The minimum atomic E-state index is -0.382. The maximum atomic E-state index is 11.6. The topological polar surface area (TPSA) is 84.1 Å². The van der Waals surface area contributed by atoms with Crippen LogP contribution in [0.4, 0.5) is 5.69 Å². The fraction of sp³-hybridized carbons (Fsp3) is 0.0833. The van der Waals surface area contributed by atoms with Crippen molar-refractivity contribution in [2.24, 2.45) is 0 Å². The van der Waals surface area contributed by atoms with Gasteiger partial charge in [0.25, 0.3) is 5.56 Å². The molecule has 2 aromatic rings. The SMILES string of the molecule is C=CC(=O)Nc1cc2c(=O)[nH]cnc2cc1OC. The number of nitrogens with one attached hydrogen (secondary N) is 2. The number of carbonyl (C=O) groups is 1. The number of aromatic nitrogens is 2. The van der Waals surface area contributed by atoms with Crippen molar-refractivity contribution in [2.45, 2.75) is 0 Å². The van der Waals surface area contributed by atoms with Crippen LogP contribution >= 0.6 is 0 Å². The number of aromatic amines is 1. The van der Waals surface area contributed by atoms with Crippen molar-refractivity contribution in [1.29, 1.82) is 0 Å².